The van der Waals surface area contributed by atoms with E-state index in [9.17, 15) is 18.0 Å². The van der Waals surface area contributed by atoms with E-state index in [1.165, 1.54) is 27.8 Å². The van der Waals surface area contributed by atoms with Gasteiger partial charge in [-0.25, -0.2) is 4.79 Å². The fraction of sp³-hybridized carbons (Fsp3) is 0.316. The summed E-state index contributed by atoms with van der Waals surface area (Å²) in [5.74, 6) is -0.993. The van der Waals surface area contributed by atoms with E-state index in [-0.39, 0.29) is 11.9 Å². The maximum absolute atomic E-state index is 12.9. The molecule has 0 bridgehead atoms. The molecule has 1 fully saturated rings. The number of carbonyl (C=O) groups excluding carboxylic acids is 1. The van der Waals surface area contributed by atoms with E-state index < -0.39 is 12.1 Å². The summed E-state index contributed by atoms with van der Waals surface area (Å²) in [6, 6.07) is 34.2. The van der Waals surface area contributed by atoms with Gasteiger partial charge in [0.1, 0.15) is 0 Å². The number of halogens is 3. The lowest BCUT2D eigenvalue weighted by molar-refractivity contribution is -0.192. The van der Waals surface area contributed by atoms with Crippen LogP contribution in [0.2, 0.25) is 0 Å². The zero-order valence-corrected chi connectivity index (χ0v) is 27.3. The first-order valence-electron chi connectivity index (χ1n) is 16.2. The second kappa shape index (κ2) is 16.5. The van der Waals surface area contributed by atoms with Gasteiger partial charge < -0.3 is 24.8 Å². The number of likely N-dealkylation sites (tertiary alicyclic amines) is 1. The Bertz CT molecular complexity index is 1710. The van der Waals surface area contributed by atoms with Crippen LogP contribution in [0.15, 0.2) is 97.1 Å². The molecular formula is C38H40F3N3O5. The van der Waals surface area contributed by atoms with Crippen LogP contribution in [0, 0.1) is 0 Å². The molecule has 6 rings (SSSR count). The largest absolute Gasteiger partial charge is 0.490 e. The number of fused-ring (bicyclic) bond motifs is 1. The minimum absolute atomic E-state index is 0.146. The number of carbonyl (C=O) groups is 2. The van der Waals surface area contributed by atoms with E-state index in [0.717, 1.165) is 62.6 Å². The highest BCUT2D eigenvalue weighted by Gasteiger charge is 2.38. The van der Waals surface area contributed by atoms with Crippen molar-refractivity contribution in [3.63, 3.8) is 0 Å². The van der Waals surface area contributed by atoms with Gasteiger partial charge in [-0.05, 0) is 64.4 Å². The second-order valence-electron chi connectivity index (χ2n) is 12.1. The van der Waals surface area contributed by atoms with Crippen molar-refractivity contribution in [2.24, 2.45) is 0 Å². The van der Waals surface area contributed by atoms with Crippen molar-refractivity contribution >= 4 is 11.9 Å². The predicted molar refractivity (Wildman–Crippen MR) is 180 cm³/mol. The number of amides is 1. The van der Waals surface area contributed by atoms with Crippen molar-refractivity contribution in [1.82, 2.24) is 15.1 Å². The quantitative estimate of drug-likeness (QED) is 0.187. The van der Waals surface area contributed by atoms with E-state index in [4.69, 9.17) is 19.4 Å². The summed E-state index contributed by atoms with van der Waals surface area (Å²) < 4.78 is 42.7. The Labute approximate surface area is 284 Å². The van der Waals surface area contributed by atoms with Gasteiger partial charge in [0.25, 0.3) is 0 Å². The molecule has 0 atom stereocenters. The lowest BCUT2D eigenvalue weighted by Gasteiger charge is -2.38. The molecule has 11 heteroatoms. The highest BCUT2D eigenvalue weighted by atomic mass is 19.4. The van der Waals surface area contributed by atoms with Crippen LogP contribution in [0.4, 0.5) is 13.2 Å². The summed E-state index contributed by atoms with van der Waals surface area (Å²) >= 11 is 0. The molecule has 4 aromatic rings. The molecule has 1 amide bonds. The van der Waals surface area contributed by atoms with Gasteiger partial charge in [-0.3, -0.25) is 9.69 Å². The van der Waals surface area contributed by atoms with Crippen LogP contribution in [0.3, 0.4) is 0 Å². The van der Waals surface area contributed by atoms with Crippen molar-refractivity contribution in [2.45, 2.75) is 58.2 Å². The third-order valence-corrected chi connectivity index (χ3v) is 8.59. The van der Waals surface area contributed by atoms with Crippen molar-refractivity contribution in [3.05, 3.63) is 119 Å². The molecule has 0 spiro atoms. The van der Waals surface area contributed by atoms with Crippen molar-refractivity contribution in [2.75, 3.05) is 19.9 Å². The summed E-state index contributed by atoms with van der Waals surface area (Å²) in [5.41, 5.74) is 7.27. The molecule has 258 valence electrons. The Morgan fingerprint density at radius 3 is 2.16 bits per heavy atom. The molecule has 0 aromatic heterocycles. The highest BCUT2D eigenvalue weighted by Crippen LogP contribution is 2.33. The summed E-state index contributed by atoms with van der Waals surface area (Å²) in [6.07, 6.45) is -3.09. The Balaban J connectivity index is 0.000000606. The summed E-state index contributed by atoms with van der Waals surface area (Å²) in [4.78, 5) is 26.4. The van der Waals surface area contributed by atoms with Crippen LogP contribution >= 0.6 is 0 Å². The number of hydrogen-bond donors (Lipinski definition) is 2. The molecular weight excluding hydrogens is 635 g/mol. The van der Waals surface area contributed by atoms with Crippen LogP contribution in [0.5, 0.6) is 11.5 Å². The first-order chi connectivity index (χ1) is 23.6. The Morgan fingerprint density at radius 1 is 0.837 bits per heavy atom. The zero-order chi connectivity index (χ0) is 34.8. The molecule has 2 heterocycles. The number of aliphatic carboxylic acids is 1. The SMILES string of the molecule is CC(=O)N(Cc1ccccc1-c1cccc(CNCc2ccc3c(c2)OCO3)c1)C1CCN(Cc2ccccc2)CC1.O=C(O)C(F)(F)F. The number of nitrogens with zero attached hydrogens (tertiary/aromatic N) is 2. The zero-order valence-electron chi connectivity index (χ0n) is 27.3. The van der Waals surface area contributed by atoms with Gasteiger partial charge in [0.2, 0.25) is 12.7 Å². The molecule has 2 aliphatic heterocycles. The number of hydrogen-bond acceptors (Lipinski definition) is 6. The maximum atomic E-state index is 12.9. The van der Waals surface area contributed by atoms with E-state index >= 15 is 0 Å². The van der Waals surface area contributed by atoms with Crippen LogP contribution in [0.1, 0.15) is 42.0 Å². The molecule has 4 aromatic carbocycles. The molecule has 0 radical (unpaired) electrons. The fourth-order valence-corrected chi connectivity index (χ4v) is 6.10. The third-order valence-electron chi connectivity index (χ3n) is 8.59. The number of piperidine rings is 1. The van der Waals surface area contributed by atoms with Gasteiger partial charge in [0.15, 0.2) is 11.5 Å². The summed E-state index contributed by atoms with van der Waals surface area (Å²) in [5, 5.41) is 10.7. The van der Waals surface area contributed by atoms with Crippen LogP contribution in [0.25, 0.3) is 11.1 Å². The number of nitrogens with one attached hydrogen (secondary N) is 1. The average molecular weight is 676 g/mol. The van der Waals surface area contributed by atoms with E-state index in [1.54, 1.807) is 6.92 Å². The molecule has 2 N–H and O–H groups in total. The monoisotopic (exact) mass is 675 g/mol. The van der Waals surface area contributed by atoms with Gasteiger partial charge in [0.05, 0.1) is 0 Å². The van der Waals surface area contributed by atoms with E-state index in [1.807, 2.05) is 12.1 Å². The smallest absolute Gasteiger partial charge is 0.475 e. The first-order valence-corrected chi connectivity index (χ1v) is 16.2. The van der Waals surface area contributed by atoms with Gasteiger partial charge in [-0.2, -0.15) is 13.2 Å². The third kappa shape index (κ3) is 10.1. The van der Waals surface area contributed by atoms with Gasteiger partial charge in [-0.1, -0.05) is 78.9 Å². The van der Waals surface area contributed by atoms with Crippen LogP contribution < -0.4 is 14.8 Å². The van der Waals surface area contributed by atoms with Gasteiger partial charge in [-0.15, -0.1) is 0 Å². The van der Waals surface area contributed by atoms with E-state index in [0.29, 0.717) is 13.3 Å². The maximum Gasteiger partial charge on any atom is 0.490 e. The van der Waals surface area contributed by atoms with Gasteiger partial charge in [0, 0.05) is 52.2 Å². The number of alkyl halides is 3. The molecule has 49 heavy (non-hydrogen) atoms. The Morgan fingerprint density at radius 2 is 1.47 bits per heavy atom. The number of rotatable bonds is 10. The lowest BCUT2D eigenvalue weighted by atomic mass is 9.96. The standard InChI is InChI=1S/C36H39N3O3.C2HF3O2/c1-27(40)39(33-16-18-38(19-17-33)24-28-8-3-2-4-9-28)25-32-11-5-6-13-34(32)31-12-7-10-29(20-31)22-37-23-30-14-15-35-36(21-30)42-26-41-35;3-2(4,5)1(6)7/h2-15,20-21,33,37H,16-19,22-26H2,1H3;(H,6,7). The van der Waals surface area contributed by atoms with E-state index in [2.05, 4.69) is 100 Å². The lowest BCUT2D eigenvalue weighted by Crippen LogP contribution is -2.46. The Kier molecular flexibility index (Phi) is 11.9. The molecule has 0 aliphatic carbocycles. The topological polar surface area (TPSA) is 91.3 Å². The number of carboxylic acids is 1. The normalized spacial score (nSPS) is 14.5. The molecule has 8 nitrogen and oxygen atoms in total. The molecule has 1 saturated heterocycles. The minimum Gasteiger partial charge on any atom is -0.475 e. The van der Waals surface area contributed by atoms with Crippen molar-refractivity contribution in [3.8, 4) is 22.6 Å². The van der Waals surface area contributed by atoms with Crippen molar-refractivity contribution in [1.29, 1.82) is 0 Å². The average Bonchev–Trinajstić information content (AvgIpc) is 3.56. The number of carboxylic acid groups (broad SMARTS) is 1. The summed E-state index contributed by atoms with van der Waals surface area (Å²) in [6.45, 7) is 7.11. The molecule has 2 aliphatic rings. The van der Waals surface area contributed by atoms with Crippen LogP contribution in [-0.4, -0.2) is 58.9 Å². The first kappa shape index (κ1) is 35.4. The number of ether oxygens (including phenoxy) is 2. The number of benzene rings is 4. The second-order valence-corrected chi connectivity index (χ2v) is 12.1. The van der Waals surface area contributed by atoms with Gasteiger partial charge >= 0.3 is 12.1 Å². The Hall–Kier alpha value is -4.87. The highest BCUT2D eigenvalue weighted by molar-refractivity contribution is 5.75. The molecule has 0 saturated carbocycles. The van der Waals surface area contributed by atoms with Crippen LogP contribution in [-0.2, 0) is 35.8 Å². The minimum atomic E-state index is -5.08. The fourth-order valence-electron chi connectivity index (χ4n) is 6.10. The predicted octanol–water partition coefficient (Wildman–Crippen LogP) is 7.02. The molecule has 0 unspecified atom stereocenters. The summed E-state index contributed by atoms with van der Waals surface area (Å²) in [7, 11) is 0. The van der Waals surface area contributed by atoms with Crippen molar-refractivity contribution < 1.29 is 37.3 Å².